The minimum atomic E-state index is -0.443. The molecule has 0 bridgehead atoms. The Morgan fingerprint density at radius 3 is 2.38 bits per heavy atom. The Morgan fingerprint density at radius 2 is 1.62 bits per heavy atom. The molecule has 0 saturated heterocycles. The number of benzene rings is 3. The summed E-state index contributed by atoms with van der Waals surface area (Å²) in [4.78, 5) is 11.2. The van der Waals surface area contributed by atoms with Gasteiger partial charge in [0.1, 0.15) is 12.4 Å². The zero-order valence-corrected chi connectivity index (χ0v) is 12.0. The number of fused-ring (bicyclic) bond motifs is 1. The van der Waals surface area contributed by atoms with Crippen LogP contribution in [0.25, 0.3) is 10.8 Å². The van der Waals surface area contributed by atoms with Crippen molar-refractivity contribution in [3.63, 3.8) is 0 Å². The summed E-state index contributed by atoms with van der Waals surface area (Å²) in [6.45, 7) is 0.532. The molecule has 3 aromatic rings. The Balaban J connectivity index is 1.81. The molecule has 0 N–H and O–H groups in total. The predicted molar refractivity (Wildman–Crippen MR) is 84.9 cm³/mol. The summed E-state index contributed by atoms with van der Waals surface area (Å²) in [6.07, 6.45) is 0. The van der Waals surface area contributed by atoms with Crippen molar-refractivity contribution in [1.82, 2.24) is 0 Å². The van der Waals surface area contributed by atoms with E-state index in [9.17, 15) is 4.79 Å². The molecular formula is C18H13ClO2. The van der Waals surface area contributed by atoms with E-state index >= 15 is 0 Å². The van der Waals surface area contributed by atoms with Crippen LogP contribution in [-0.4, -0.2) is 5.24 Å². The van der Waals surface area contributed by atoms with E-state index in [-0.39, 0.29) is 0 Å². The second kappa shape index (κ2) is 5.98. The normalized spacial score (nSPS) is 10.5. The van der Waals surface area contributed by atoms with Crippen LogP contribution >= 0.6 is 11.6 Å². The second-order valence-corrected chi connectivity index (χ2v) is 5.12. The minimum absolute atomic E-state index is 0.443. The van der Waals surface area contributed by atoms with Crippen LogP contribution in [0.3, 0.4) is 0 Å². The standard InChI is InChI=1S/C18H13ClO2/c19-18(20)16-7-6-15-11-17(9-8-14(15)10-16)21-12-13-4-2-1-3-5-13/h1-11H,12H2. The van der Waals surface area contributed by atoms with Gasteiger partial charge in [-0.15, -0.1) is 0 Å². The van der Waals surface area contributed by atoms with E-state index in [2.05, 4.69) is 0 Å². The van der Waals surface area contributed by atoms with E-state index in [4.69, 9.17) is 16.3 Å². The third-order valence-corrected chi connectivity index (χ3v) is 3.51. The Labute approximate surface area is 127 Å². The highest BCUT2D eigenvalue weighted by Crippen LogP contribution is 2.23. The van der Waals surface area contributed by atoms with Crippen molar-refractivity contribution in [2.45, 2.75) is 6.61 Å². The van der Waals surface area contributed by atoms with Crippen LogP contribution in [0.5, 0.6) is 5.75 Å². The van der Waals surface area contributed by atoms with Gasteiger partial charge in [0.2, 0.25) is 0 Å². The van der Waals surface area contributed by atoms with E-state index in [0.717, 1.165) is 22.1 Å². The van der Waals surface area contributed by atoms with Gasteiger partial charge >= 0.3 is 0 Å². The monoisotopic (exact) mass is 296 g/mol. The van der Waals surface area contributed by atoms with Gasteiger partial charge in [0.15, 0.2) is 0 Å². The largest absolute Gasteiger partial charge is 0.489 e. The van der Waals surface area contributed by atoms with Crippen molar-refractivity contribution in [2.24, 2.45) is 0 Å². The summed E-state index contributed by atoms with van der Waals surface area (Å²) >= 11 is 5.49. The lowest BCUT2D eigenvalue weighted by molar-refractivity contribution is 0.108. The lowest BCUT2D eigenvalue weighted by Crippen LogP contribution is -1.95. The first kappa shape index (κ1) is 13.7. The minimum Gasteiger partial charge on any atom is -0.489 e. The van der Waals surface area contributed by atoms with Crippen molar-refractivity contribution >= 4 is 27.6 Å². The maximum Gasteiger partial charge on any atom is 0.252 e. The number of carbonyl (C=O) groups excluding carboxylic acids is 1. The summed E-state index contributed by atoms with van der Waals surface area (Å²) in [5.74, 6) is 0.802. The van der Waals surface area contributed by atoms with Crippen LogP contribution in [0.1, 0.15) is 15.9 Å². The molecule has 0 spiro atoms. The Hall–Kier alpha value is -2.32. The summed E-state index contributed by atoms with van der Waals surface area (Å²) in [5, 5.41) is 1.54. The van der Waals surface area contributed by atoms with Crippen molar-refractivity contribution < 1.29 is 9.53 Å². The molecule has 0 aliphatic rings. The van der Waals surface area contributed by atoms with Gasteiger partial charge in [-0.2, -0.15) is 0 Å². The molecule has 0 aliphatic heterocycles. The van der Waals surface area contributed by atoms with Crippen LogP contribution in [0, 0.1) is 0 Å². The highest BCUT2D eigenvalue weighted by Gasteiger charge is 2.04. The van der Waals surface area contributed by atoms with Gasteiger partial charge in [-0.1, -0.05) is 42.5 Å². The maximum atomic E-state index is 11.2. The van der Waals surface area contributed by atoms with Crippen molar-refractivity contribution in [1.29, 1.82) is 0 Å². The average Bonchev–Trinajstić information content (AvgIpc) is 2.53. The lowest BCUT2D eigenvalue weighted by Gasteiger charge is -2.08. The maximum absolute atomic E-state index is 11.2. The Morgan fingerprint density at radius 1 is 0.905 bits per heavy atom. The topological polar surface area (TPSA) is 26.3 Å². The molecule has 3 rings (SSSR count). The van der Waals surface area contributed by atoms with Gasteiger partial charge in [0.25, 0.3) is 5.24 Å². The molecule has 3 heteroatoms. The SMILES string of the molecule is O=C(Cl)c1ccc2cc(OCc3ccccc3)ccc2c1. The molecule has 0 aliphatic carbocycles. The molecule has 0 amide bonds. The van der Waals surface area contributed by atoms with Gasteiger partial charge in [0, 0.05) is 5.56 Å². The smallest absolute Gasteiger partial charge is 0.252 e. The molecule has 0 fully saturated rings. The molecular weight excluding hydrogens is 284 g/mol. The van der Waals surface area contributed by atoms with Gasteiger partial charge in [-0.3, -0.25) is 4.79 Å². The first-order valence-corrected chi connectivity index (χ1v) is 7.00. The lowest BCUT2D eigenvalue weighted by atomic mass is 10.1. The highest BCUT2D eigenvalue weighted by molar-refractivity contribution is 6.67. The van der Waals surface area contributed by atoms with E-state index in [1.807, 2.05) is 54.6 Å². The fourth-order valence-electron chi connectivity index (χ4n) is 2.18. The van der Waals surface area contributed by atoms with E-state index in [0.29, 0.717) is 12.2 Å². The number of hydrogen-bond acceptors (Lipinski definition) is 2. The number of rotatable bonds is 4. The van der Waals surface area contributed by atoms with Gasteiger partial charge in [-0.25, -0.2) is 0 Å². The number of carbonyl (C=O) groups is 1. The first-order chi connectivity index (χ1) is 10.2. The summed E-state index contributed by atoms with van der Waals surface area (Å²) < 4.78 is 5.78. The predicted octanol–water partition coefficient (Wildman–Crippen LogP) is 4.80. The van der Waals surface area contributed by atoms with Crippen molar-refractivity contribution in [3.05, 3.63) is 77.9 Å². The summed E-state index contributed by atoms with van der Waals surface area (Å²) in [5.41, 5.74) is 1.63. The molecule has 0 saturated carbocycles. The van der Waals surface area contributed by atoms with Crippen LogP contribution < -0.4 is 4.74 Å². The fourth-order valence-corrected chi connectivity index (χ4v) is 2.29. The first-order valence-electron chi connectivity index (χ1n) is 6.63. The number of ether oxygens (including phenoxy) is 1. The molecule has 3 aromatic carbocycles. The molecule has 0 aromatic heterocycles. The fraction of sp³-hybridized carbons (Fsp3) is 0.0556. The van der Waals surface area contributed by atoms with Crippen molar-refractivity contribution in [2.75, 3.05) is 0 Å². The third kappa shape index (κ3) is 3.23. The second-order valence-electron chi connectivity index (χ2n) is 4.77. The van der Waals surface area contributed by atoms with Crippen LogP contribution in [0.4, 0.5) is 0 Å². The Kier molecular flexibility index (Phi) is 3.89. The quantitative estimate of drug-likeness (QED) is 0.647. The summed E-state index contributed by atoms with van der Waals surface area (Å²) in [6, 6.07) is 21.2. The van der Waals surface area contributed by atoms with Gasteiger partial charge < -0.3 is 4.74 Å². The van der Waals surface area contributed by atoms with Crippen molar-refractivity contribution in [3.8, 4) is 5.75 Å². The zero-order valence-electron chi connectivity index (χ0n) is 11.3. The van der Waals surface area contributed by atoms with Gasteiger partial charge in [0.05, 0.1) is 0 Å². The molecule has 0 radical (unpaired) electrons. The molecule has 0 unspecified atom stereocenters. The molecule has 21 heavy (non-hydrogen) atoms. The number of halogens is 1. The number of hydrogen-bond donors (Lipinski definition) is 0. The molecule has 104 valence electrons. The molecule has 2 nitrogen and oxygen atoms in total. The third-order valence-electron chi connectivity index (χ3n) is 3.29. The highest BCUT2D eigenvalue weighted by atomic mass is 35.5. The molecule has 0 atom stereocenters. The average molecular weight is 297 g/mol. The summed E-state index contributed by atoms with van der Waals surface area (Å²) in [7, 11) is 0. The van der Waals surface area contributed by atoms with Crippen LogP contribution in [-0.2, 0) is 6.61 Å². The molecule has 0 heterocycles. The van der Waals surface area contributed by atoms with E-state index in [1.165, 1.54) is 0 Å². The van der Waals surface area contributed by atoms with Crippen LogP contribution in [0.2, 0.25) is 0 Å². The zero-order chi connectivity index (χ0) is 14.7. The van der Waals surface area contributed by atoms with Gasteiger partial charge in [-0.05, 0) is 52.2 Å². The Bertz CT molecular complexity index is 782. The van der Waals surface area contributed by atoms with E-state index in [1.54, 1.807) is 12.1 Å². The van der Waals surface area contributed by atoms with E-state index < -0.39 is 5.24 Å². The van der Waals surface area contributed by atoms with Crippen LogP contribution in [0.15, 0.2) is 66.7 Å².